The zero-order chi connectivity index (χ0) is 34.2. The van der Waals surface area contributed by atoms with Gasteiger partial charge in [-0.05, 0) is 60.9 Å². The number of piperidine rings is 1. The summed E-state index contributed by atoms with van der Waals surface area (Å²) in [5.41, 5.74) is 2.97. The normalized spacial score (nSPS) is 19.6. The van der Waals surface area contributed by atoms with E-state index in [9.17, 15) is 18.6 Å². The number of benzene rings is 1. The Hall–Kier alpha value is -2.42. The second-order valence-electron chi connectivity index (χ2n) is 12.3. The van der Waals surface area contributed by atoms with Crippen molar-refractivity contribution >= 4 is 62.4 Å². The molecule has 0 aliphatic carbocycles. The van der Waals surface area contributed by atoms with Crippen LogP contribution in [0.5, 0.6) is 0 Å². The zero-order valence-electron chi connectivity index (χ0n) is 27.5. The molecule has 4 atom stereocenters. The molecule has 1 saturated heterocycles. The largest absolute Gasteiger partial charge is 0.394 e. The maximum absolute atomic E-state index is 12.5. The van der Waals surface area contributed by atoms with Gasteiger partial charge >= 0.3 is 0 Å². The summed E-state index contributed by atoms with van der Waals surface area (Å²) in [6, 6.07) is 7.97. The predicted molar refractivity (Wildman–Crippen MR) is 200 cm³/mol. The van der Waals surface area contributed by atoms with Crippen LogP contribution in [0.25, 0.3) is 0 Å². The quantitative estimate of drug-likeness (QED) is 0.167. The van der Waals surface area contributed by atoms with E-state index in [0.29, 0.717) is 52.7 Å². The number of rotatable bonds is 12. The van der Waals surface area contributed by atoms with Crippen molar-refractivity contribution in [2.24, 2.45) is 0 Å². The highest BCUT2D eigenvalue weighted by molar-refractivity contribution is 7.85. The second-order valence-corrected chi connectivity index (χ2v) is 16.1. The smallest absolute Gasteiger partial charge is 0.227 e. The number of aryl methyl sites for hydroxylation is 2. The van der Waals surface area contributed by atoms with E-state index in [1.165, 1.54) is 5.56 Å². The summed E-state index contributed by atoms with van der Waals surface area (Å²) in [5, 5.41) is 26.4. The van der Waals surface area contributed by atoms with Gasteiger partial charge in [-0.25, -0.2) is 9.97 Å². The van der Waals surface area contributed by atoms with Crippen molar-refractivity contribution in [2.45, 2.75) is 100 Å². The molecule has 0 amide bonds. The number of halogens is 2. The number of hydrogen-bond acceptors (Lipinski definition) is 11. The number of fused-ring (bicyclic) bond motifs is 2. The molecule has 2 unspecified atom stereocenters. The summed E-state index contributed by atoms with van der Waals surface area (Å²) in [6.07, 6.45) is 7.00. The van der Waals surface area contributed by atoms with Crippen LogP contribution in [-0.2, 0) is 34.4 Å². The van der Waals surface area contributed by atoms with Crippen LogP contribution in [0.2, 0.25) is 10.3 Å². The molecule has 2 aromatic heterocycles. The van der Waals surface area contributed by atoms with Crippen LogP contribution in [-0.4, -0.2) is 88.5 Å². The van der Waals surface area contributed by atoms with E-state index in [-0.39, 0.29) is 38.0 Å². The monoisotopic (exact) mass is 753 g/mol. The van der Waals surface area contributed by atoms with E-state index in [2.05, 4.69) is 44.6 Å². The third kappa shape index (κ3) is 9.89. The highest BCUT2D eigenvalue weighted by atomic mass is 35.5. The van der Waals surface area contributed by atoms with Gasteiger partial charge in [0.05, 0.1) is 58.3 Å². The van der Waals surface area contributed by atoms with Crippen LogP contribution in [0.15, 0.2) is 34.1 Å². The van der Waals surface area contributed by atoms with Crippen molar-refractivity contribution in [1.82, 2.24) is 19.9 Å². The minimum Gasteiger partial charge on any atom is -0.394 e. The van der Waals surface area contributed by atoms with Gasteiger partial charge in [-0.2, -0.15) is 9.97 Å². The lowest BCUT2D eigenvalue weighted by atomic mass is 9.89. The van der Waals surface area contributed by atoms with Crippen LogP contribution in [0.3, 0.4) is 0 Å². The SMILES string of the molecule is C.CCC[C@H](CO)Nc1nc(Cl)nc2c1S(=O)CC2.CCC[C@H](CO)Nc1nc(N2CCC(c3ccc(Cl)cc3)CC2)nc2c1S(=O)CC2. The highest BCUT2D eigenvalue weighted by Gasteiger charge is 2.30. The Labute approximate surface area is 305 Å². The number of aliphatic hydroxyl groups excluding tert-OH is 2. The van der Waals surface area contributed by atoms with Crippen molar-refractivity contribution in [1.29, 1.82) is 0 Å². The summed E-state index contributed by atoms with van der Waals surface area (Å²) < 4.78 is 24.4. The Bertz CT molecular complexity index is 1590. The Morgan fingerprint density at radius 1 is 0.816 bits per heavy atom. The fourth-order valence-electron chi connectivity index (χ4n) is 6.34. The Balaban J connectivity index is 0.000000244. The molecule has 1 aromatic carbocycles. The van der Waals surface area contributed by atoms with Crippen molar-refractivity contribution in [3.8, 4) is 0 Å². The topological polar surface area (TPSA) is 153 Å². The molecule has 3 aliphatic heterocycles. The number of nitrogens with zero attached hydrogens (tertiary/aromatic N) is 5. The van der Waals surface area contributed by atoms with E-state index in [4.69, 9.17) is 33.2 Å². The Morgan fingerprint density at radius 2 is 1.33 bits per heavy atom. The first-order valence-electron chi connectivity index (χ1n) is 16.7. The van der Waals surface area contributed by atoms with E-state index in [1.807, 2.05) is 19.1 Å². The molecular formula is C34H49Cl2N7O4S2. The number of hydrogen-bond donors (Lipinski definition) is 4. The Morgan fingerprint density at radius 3 is 1.84 bits per heavy atom. The molecule has 270 valence electrons. The summed E-state index contributed by atoms with van der Waals surface area (Å²) in [5.74, 6) is 3.53. The number of aliphatic hydroxyl groups is 2. The lowest BCUT2D eigenvalue weighted by Crippen LogP contribution is -2.35. The fourth-order valence-corrected chi connectivity index (χ4v) is 9.28. The van der Waals surface area contributed by atoms with Crippen molar-refractivity contribution in [2.75, 3.05) is 53.3 Å². The van der Waals surface area contributed by atoms with Gasteiger partial charge in [0.1, 0.15) is 21.4 Å². The molecular weight excluding hydrogens is 705 g/mol. The first kappa shape index (κ1) is 39.4. The lowest BCUT2D eigenvalue weighted by molar-refractivity contribution is 0.267. The van der Waals surface area contributed by atoms with E-state index in [1.54, 1.807) is 0 Å². The third-order valence-corrected chi connectivity index (χ3v) is 12.2. The molecule has 1 fully saturated rings. The second kappa shape index (κ2) is 18.7. The van der Waals surface area contributed by atoms with Crippen LogP contribution in [0.4, 0.5) is 17.6 Å². The van der Waals surface area contributed by atoms with Gasteiger partial charge in [0, 0.05) is 42.5 Å². The fraction of sp³-hybridized carbons (Fsp3) is 0.588. The molecule has 49 heavy (non-hydrogen) atoms. The third-order valence-electron chi connectivity index (χ3n) is 8.85. The minimum absolute atomic E-state index is 0. The molecule has 15 heteroatoms. The van der Waals surface area contributed by atoms with Gasteiger partial charge in [-0.15, -0.1) is 0 Å². The molecule has 5 heterocycles. The first-order valence-corrected chi connectivity index (χ1v) is 20.1. The standard InChI is InChI=1S/C22H29ClN4O2S.C11H16ClN3O2S.CH4/c1-2-3-18(14-28)24-21-20-19(10-13-30(20)29)25-22(26-21)27-11-8-16(9-12-27)15-4-6-17(23)7-5-15;1-2-3-7(6-16)13-10-9-8(4-5-18(9)17)14-11(12)15-10;/h4-7,16,18,28H,2-3,8-14H2,1H3,(H,24,25,26);7,16H,2-6H2,1H3,(H,13,14,15);1H4/t18-,30?;7-,18?;/m11./s1. The molecule has 0 saturated carbocycles. The van der Waals surface area contributed by atoms with Crippen molar-refractivity contribution < 1.29 is 18.6 Å². The zero-order valence-corrected chi connectivity index (χ0v) is 30.6. The average molecular weight is 755 g/mol. The van der Waals surface area contributed by atoms with Gasteiger partial charge in [0.2, 0.25) is 11.2 Å². The molecule has 4 N–H and O–H groups in total. The minimum atomic E-state index is -1.08. The molecule has 0 radical (unpaired) electrons. The van der Waals surface area contributed by atoms with Crippen LogP contribution in [0.1, 0.15) is 82.7 Å². The molecule has 0 bridgehead atoms. The number of nitrogens with one attached hydrogen (secondary N) is 2. The van der Waals surface area contributed by atoms with Gasteiger partial charge in [0.25, 0.3) is 0 Å². The molecule has 3 aliphatic rings. The molecule has 6 rings (SSSR count). The molecule has 3 aromatic rings. The maximum Gasteiger partial charge on any atom is 0.227 e. The van der Waals surface area contributed by atoms with Gasteiger partial charge in [-0.1, -0.05) is 57.8 Å². The molecule has 0 spiro atoms. The summed E-state index contributed by atoms with van der Waals surface area (Å²) >= 11 is 11.9. The van der Waals surface area contributed by atoms with Crippen LogP contribution >= 0.6 is 23.2 Å². The van der Waals surface area contributed by atoms with E-state index in [0.717, 1.165) is 72.9 Å². The maximum atomic E-state index is 12.5. The van der Waals surface area contributed by atoms with Gasteiger partial charge < -0.3 is 25.7 Å². The van der Waals surface area contributed by atoms with Gasteiger partial charge in [-0.3, -0.25) is 8.42 Å². The van der Waals surface area contributed by atoms with Crippen LogP contribution < -0.4 is 15.5 Å². The van der Waals surface area contributed by atoms with Crippen molar-refractivity contribution in [3.05, 3.63) is 51.5 Å². The van der Waals surface area contributed by atoms with E-state index < -0.39 is 21.6 Å². The average Bonchev–Trinajstić information content (AvgIpc) is 3.66. The molecule has 11 nitrogen and oxygen atoms in total. The number of anilines is 3. The Kier molecular flexibility index (Phi) is 15.0. The number of aromatic nitrogens is 4. The van der Waals surface area contributed by atoms with Crippen LogP contribution in [0, 0.1) is 0 Å². The highest BCUT2D eigenvalue weighted by Crippen LogP contribution is 2.34. The predicted octanol–water partition coefficient (Wildman–Crippen LogP) is 5.75. The summed E-state index contributed by atoms with van der Waals surface area (Å²) in [4.78, 5) is 21.4. The van der Waals surface area contributed by atoms with Crippen molar-refractivity contribution in [3.63, 3.8) is 0 Å². The first-order chi connectivity index (χ1) is 23.2. The summed E-state index contributed by atoms with van der Waals surface area (Å²) in [7, 11) is -2.14. The van der Waals surface area contributed by atoms with Gasteiger partial charge in [0.15, 0.2) is 0 Å². The summed E-state index contributed by atoms with van der Waals surface area (Å²) in [6.45, 7) is 5.93. The van der Waals surface area contributed by atoms with E-state index >= 15 is 0 Å². The lowest BCUT2D eigenvalue weighted by Gasteiger charge is -2.33.